The van der Waals surface area contributed by atoms with Crippen LogP contribution in [-0.4, -0.2) is 11.6 Å². The fraction of sp³-hybridized carbons (Fsp3) is 0.273. The normalized spacial score (nSPS) is 10.1. The number of ether oxygens (including phenoxy) is 1. The summed E-state index contributed by atoms with van der Waals surface area (Å²) in [5.41, 5.74) is 1.53. The molecule has 76 valence electrons. The highest BCUT2D eigenvalue weighted by Gasteiger charge is 2.03. The topological polar surface area (TPSA) is 59.0 Å². The van der Waals surface area contributed by atoms with E-state index in [1.54, 1.807) is 6.92 Å². The van der Waals surface area contributed by atoms with E-state index in [1.165, 1.54) is 0 Å². The average molecular weight is 202 g/mol. The van der Waals surface area contributed by atoms with E-state index in [-0.39, 0.29) is 0 Å². The zero-order valence-corrected chi connectivity index (χ0v) is 8.36. The summed E-state index contributed by atoms with van der Waals surface area (Å²) in [5.74, 6) is 1.35. The largest absolute Gasteiger partial charge is 0.492 e. The molecule has 4 nitrogen and oxygen atoms in total. The third-order valence-electron chi connectivity index (χ3n) is 1.95. The molecule has 0 radical (unpaired) electrons. The molecular formula is C11H10N2O2. The first-order chi connectivity index (χ1) is 7.29. The van der Waals surface area contributed by atoms with E-state index in [1.807, 2.05) is 24.3 Å². The van der Waals surface area contributed by atoms with Crippen LogP contribution in [0.5, 0.6) is 5.75 Å². The van der Waals surface area contributed by atoms with Crippen molar-refractivity contribution < 1.29 is 9.15 Å². The van der Waals surface area contributed by atoms with Gasteiger partial charge in [-0.3, -0.25) is 0 Å². The summed E-state index contributed by atoms with van der Waals surface area (Å²) >= 11 is 0. The number of hydrogen-bond donors (Lipinski definition) is 0. The van der Waals surface area contributed by atoms with Crippen LogP contribution < -0.4 is 4.74 Å². The molecule has 2 aromatic rings. The Morgan fingerprint density at radius 3 is 3.20 bits per heavy atom. The Morgan fingerprint density at radius 1 is 1.53 bits per heavy atom. The average Bonchev–Trinajstić information content (AvgIpc) is 2.57. The maximum atomic E-state index is 8.36. The lowest BCUT2D eigenvalue weighted by Crippen LogP contribution is -1.95. The van der Waals surface area contributed by atoms with E-state index in [4.69, 9.17) is 14.4 Å². The summed E-state index contributed by atoms with van der Waals surface area (Å²) < 4.78 is 10.7. The highest BCUT2D eigenvalue weighted by molar-refractivity contribution is 5.74. The van der Waals surface area contributed by atoms with Crippen molar-refractivity contribution in [3.8, 4) is 11.8 Å². The number of nitrogens with zero attached hydrogens (tertiary/aromatic N) is 2. The first kappa shape index (κ1) is 9.53. The van der Waals surface area contributed by atoms with Gasteiger partial charge in [0.1, 0.15) is 17.9 Å². The first-order valence-corrected chi connectivity index (χ1v) is 4.66. The predicted molar refractivity (Wildman–Crippen MR) is 54.5 cm³/mol. The molecule has 0 saturated carbocycles. The van der Waals surface area contributed by atoms with Crippen LogP contribution in [0, 0.1) is 18.3 Å². The van der Waals surface area contributed by atoms with Gasteiger partial charge in [-0.1, -0.05) is 0 Å². The van der Waals surface area contributed by atoms with Gasteiger partial charge < -0.3 is 9.15 Å². The molecule has 0 aliphatic rings. The molecule has 0 spiro atoms. The molecule has 0 amide bonds. The highest BCUT2D eigenvalue weighted by Crippen LogP contribution is 2.21. The maximum Gasteiger partial charge on any atom is 0.192 e. The molecule has 0 bridgehead atoms. The quantitative estimate of drug-likeness (QED) is 0.717. The summed E-state index contributed by atoms with van der Waals surface area (Å²) in [5, 5.41) is 8.36. The second-order valence-electron chi connectivity index (χ2n) is 3.12. The van der Waals surface area contributed by atoms with Crippen LogP contribution in [0.15, 0.2) is 22.6 Å². The summed E-state index contributed by atoms with van der Waals surface area (Å²) in [7, 11) is 0. The molecule has 15 heavy (non-hydrogen) atoms. The predicted octanol–water partition coefficient (Wildman–Crippen LogP) is 2.43. The van der Waals surface area contributed by atoms with E-state index in [9.17, 15) is 0 Å². The molecule has 1 aromatic carbocycles. The fourth-order valence-electron chi connectivity index (χ4n) is 1.33. The monoisotopic (exact) mass is 202 g/mol. The van der Waals surface area contributed by atoms with Crippen LogP contribution >= 0.6 is 0 Å². The van der Waals surface area contributed by atoms with Gasteiger partial charge in [0, 0.05) is 13.0 Å². The lowest BCUT2D eigenvalue weighted by Gasteiger charge is -2.01. The van der Waals surface area contributed by atoms with Crippen LogP contribution in [0.4, 0.5) is 0 Å². The standard InChI is InChI=1S/C11H10N2O2/c1-8-13-10-7-9(14-6-2-5-12)3-4-11(10)15-8/h3-4,7H,2,6H2,1H3. The lowest BCUT2D eigenvalue weighted by molar-refractivity contribution is 0.327. The van der Waals surface area contributed by atoms with Gasteiger partial charge in [0.05, 0.1) is 12.5 Å². The smallest absolute Gasteiger partial charge is 0.192 e. The van der Waals surface area contributed by atoms with Crippen molar-refractivity contribution in [3.63, 3.8) is 0 Å². The Morgan fingerprint density at radius 2 is 2.40 bits per heavy atom. The number of nitriles is 1. The van der Waals surface area contributed by atoms with Crippen molar-refractivity contribution in [2.45, 2.75) is 13.3 Å². The maximum absolute atomic E-state index is 8.36. The summed E-state index contributed by atoms with van der Waals surface area (Å²) in [6, 6.07) is 7.46. The lowest BCUT2D eigenvalue weighted by atomic mass is 10.3. The molecule has 2 rings (SSSR count). The number of rotatable bonds is 3. The van der Waals surface area contributed by atoms with E-state index in [0.29, 0.717) is 24.7 Å². The Labute approximate surface area is 87.1 Å². The second-order valence-corrected chi connectivity index (χ2v) is 3.12. The number of hydrogen-bond acceptors (Lipinski definition) is 4. The van der Waals surface area contributed by atoms with E-state index in [0.717, 1.165) is 11.1 Å². The molecule has 0 fully saturated rings. The highest BCUT2D eigenvalue weighted by atomic mass is 16.5. The van der Waals surface area contributed by atoms with Gasteiger partial charge in [0.2, 0.25) is 0 Å². The molecule has 1 aromatic heterocycles. The number of oxazole rings is 1. The van der Waals surface area contributed by atoms with Crippen molar-refractivity contribution in [2.75, 3.05) is 6.61 Å². The number of aromatic nitrogens is 1. The van der Waals surface area contributed by atoms with Crippen LogP contribution in [0.3, 0.4) is 0 Å². The summed E-state index contributed by atoms with van der Waals surface area (Å²) in [4.78, 5) is 4.19. The molecule has 0 saturated heterocycles. The Kier molecular flexibility index (Phi) is 2.55. The zero-order valence-electron chi connectivity index (χ0n) is 8.36. The van der Waals surface area contributed by atoms with Crippen molar-refractivity contribution >= 4 is 11.1 Å². The third kappa shape index (κ3) is 2.08. The van der Waals surface area contributed by atoms with Crippen LogP contribution in [0.25, 0.3) is 11.1 Å². The van der Waals surface area contributed by atoms with Gasteiger partial charge >= 0.3 is 0 Å². The number of fused-ring (bicyclic) bond motifs is 1. The Bertz CT molecular complexity index is 511. The summed E-state index contributed by atoms with van der Waals surface area (Å²) in [6.07, 6.45) is 0.385. The number of benzene rings is 1. The summed E-state index contributed by atoms with van der Waals surface area (Å²) in [6.45, 7) is 2.20. The fourth-order valence-corrected chi connectivity index (χ4v) is 1.33. The third-order valence-corrected chi connectivity index (χ3v) is 1.95. The molecule has 0 aliphatic carbocycles. The van der Waals surface area contributed by atoms with Crippen molar-refractivity contribution in [1.29, 1.82) is 5.26 Å². The van der Waals surface area contributed by atoms with E-state index >= 15 is 0 Å². The minimum absolute atomic E-state index is 0.385. The number of aryl methyl sites for hydroxylation is 1. The molecule has 4 heteroatoms. The molecule has 0 unspecified atom stereocenters. The minimum atomic E-state index is 0.385. The van der Waals surface area contributed by atoms with Crippen LogP contribution in [0.2, 0.25) is 0 Å². The van der Waals surface area contributed by atoms with Crippen LogP contribution in [-0.2, 0) is 0 Å². The minimum Gasteiger partial charge on any atom is -0.492 e. The van der Waals surface area contributed by atoms with Gasteiger partial charge in [-0.15, -0.1) is 0 Å². The van der Waals surface area contributed by atoms with Crippen molar-refractivity contribution in [2.24, 2.45) is 0 Å². The Balaban J connectivity index is 2.19. The Hall–Kier alpha value is -2.02. The van der Waals surface area contributed by atoms with Gasteiger partial charge in [0.15, 0.2) is 11.5 Å². The molecule has 0 aliphatic heterocycles. The molecule has 0 atom stereocenters. The second kappa shape index (κ2) is 4.01. The molecule has 0 N–H and O–H groups in total. The zero-order chi connectivity index (χ0) is 10.7. The van der Waals surface area contributed by atoms with Gasteiger partial charge in [0.25, 0.3) is 0 Å². The van der Waals surface area contributed by atoms with Crippen molar-refractivity contribution in [3.05, 3.63) is 24.1 Å². The van der Waals surface area contributed by atoms with Crippen molar-refractivity contribution in [1.82, 2.24) is 4.98 Å². The van der Waals surface area contributed by atoms with E-state index < -0.39 is 0 Å². The molecule has 1 heterocycles. The first-order valence-electron chi connectivity index (χ1n) is 4.66. The molecular weight excluding hydrogens is 192 g/mol. The van der Waals surface area contributed by atoms with E-state index in [2.05, 4.69) is 4.98 Å². The van der Waals surface area contributed by atoms with Gasteiger partial charge in [-0.25, -0.2) is 4.98 Å². The van der Waals surface area contributed by atoms with Crippen LogP contribution in [0.1, 0.15) is 12.3 Å². The van der Waals surface area contributed by atoms with Gasteiger partial charge in [-0.2, -0.15) is 5.26 Å². The SMILES string of the molecule is Cc1nc2cc(OCCC#N)ccc2o1. The van der Waals surface area contributed by atoms with Gasteiger partial charge in [-0.05, 0) is 12.1 Å².